The molecule has 17 heavy (non-hydrogen) atoms. The molecule has 1 unspecified atom stereocenters. The second kappa shape index (κ2) is 5.83. The highest BCUT2D eigenvalue weighted by Crippen LogP contribution is 2.11. The first-order chi connectivity index (χ1) is 7.99. The molecule has 92 valence electrons. The van der Waals surface area contributed by atoms with Gasteiger partial charge in [-0.05, 0) is 19.1 Å². The highest BCUT2D eigenvalue weighted by Gasteiger charge is 2.11. The summed E-state index contributed by atoms with van der Waals surface area (Å²) >= 11 is 0. The van der Waals surface area contributed by atoms with Gasteiger partial charge >= 0.3 is 12.0 Å². The predicted molar refractivity (Wildman–Crippen MR) is 60.3 cm³/mol. The van der Waals surface area contributed by atoms with Crippen LogP contribution < -0.4 is 10.6 Å². The quantitative estimate of drug-likeness (QED) is 0.751. The fraction of sp³-hybridized carbons (Fsp3) is 0.273. The van der Waals surface area contributed by atoms with Crippen LogP contribution in [-0.4, -0.2) is 23.1 Å². The van der Waals surface area contributed by atoms with Crippen LogP contribution in [-0.2, 0) is 4.79 Å². The number of hydrogen-bond donors (Lipinski definition) is 3. The minimum absolute atomic E-state index is 0.0486. The lowest BCUT2D eigenvalue weighted by atomic mass is 10.2. The van der Waals surface area contributed by atoms with Gasteiger partial charge in [0, 0.05) is 6.04 Å². The minimum Gasteiger partial charge on any atom is -0.481 e. The summed E-state index contributed by atoms with van der Waals surface area (Å²) in [5, 5.41) is 13.2. The van der Waals surface area contributed by atoms with Crippen LogP contribution in [0.4, 0.5) is 14.9 Å². The van der Waals surface area contributed by atoms with E-state index in [4.69, 9.17) is 5.11 Å². The molecular weight excluding hydrogens is 227 g/mol. The lowest BCUT2D eigenvalue weighted by Crippen LogP contribution is -2.37. The number of carbonyl (C=O) groups excluding carboxylic acids is 1. The Morgan fingerprint density at radius 2 is 2.06 bits per heavy atom. The van der Waals surface area contributed by atoms with Gasteiger partial charge in [-0.25, -0.2) is 9.18 Å². The molecular formula is C11H13FN2O3. The number of nitrogens with one attached hydrogen (secondary N) is 2. The Morgan fingerprint density at radius 3 is 2.65 bits per heavy atom. The summed E-state index contributed by atoms with van der Waals surface area (Å²) in [5.74, 6) is -1.56. The highest BCUT2D eigenvalue weighted by atomic mass is 19.1. The summed E-state index contributed by atoms with van der Waals surface area (Å²) < 4.78 is 13.2. The molecule has 0 saturated heterocycles. The van der Waals surface area contributed by atoms with E-state index < -0.39 is 23.9 Å². The number of para-hydroxylation sites is 1. The number of halogens is 1. The Hall–Kier alpha value is -2.11. The van der Waals surface area contributed by atoms with E-state index in [-0.39, 0.29) is 12.1 Å². The molecule has 3 N–H and O–H groups in total. The first-order valence-corrected chi connectivity index (χ1v) is 5.03. The van der Waals surface area contributed by atoms with Crippen molar-refractivity contribution in [2.75, 3.05) is 5.32 Å². The summed E-state index contributed by atoms with van der Waals surface area (Å²) in [5.41, 5.74) is 0.0486. The van der Waals surface area contributed by atoms with Crippen LogP contribution in [0, 0.1) is 5.82 Å². The van der Waals surface area contributed by atoms with Crippen molar-refractivity contribution in [1.29, 1.82) is 0 Å². The second-order valence-corrected chi connectivity index (χ2v) is 3.58. The van der Waals surface area contributed by atoms with Crippen molar-refractivity contribution in [2.45, 2.75) is 19.4 Å². The van der Waals surface area contributed by atoms with E-state index >= 15 is 0 Å². The van der Waals surface area contributed by atoms with Gasteiger partial charge in [0.15, 0.2) is 0 Å². The maximum absolute atomic E-state index is 13.2. The Bertz CT molecular complexity index is 423. The lowest BCUT2D eigenvalue weighted by Gasteiger charge is -2.12. The number of hydrogen-bond acceptors (Lipinski definition) is 2. The van der Waals surface area contributed by atoms with Crippen LogP contribution in [0.2, 0.25) is 0 Å². The standard InChI is InChI=1S/C11H13FN2O3/c1-7(6-10(15)16)13-11(17)14-9-5-3-2-4-8(9)12/h2-5,7H,6H2,1H3,(H,15,16)(H2,13,14,17). The van der Waals surface area contributed by atoms with Gasteiger partial charge in [-0.3, -0.25) is 4.79 Å². The van der Waals surface area contributed by atoms with E-state index in [0.29, 0.717) is 0 Å². The zero-order valence-electron chi connectivity index (χ0n) is 9.24. The molecule has 1 atom stereocenters. The molecule has 1 aromatic rings. The molecule has 0 aliphatic carbocycles. The van der Waals surface area contributed by atoms with Crippen molar-refractivity contribution in [3.63, 3.8) is 0 Å². The molecule has 0 aromatic heterocycles. The average Bonchev–Trinajstić information content (AvgIpc) is 2.19. The molecule has 0 fully saturated rings. The third kappa shape index (κ3) is 4.50. The van der Waals surface area contributed by atoms with Gasteiger partial charge in [0.05, 0.1) is 12.1 Å². The van der Waals surface area contributed by atoms with Crippen LogP contribution >= 0.6 is 0 Å². The van der Waals surface area contributed by atoms with Crippen LogP contribution in [0.1, 0.15) is 13.3 Å². The van der Waals surface area contributed by atoms with Crippen molar-refractivity contribution in [3.05, 3.63) is 30.1 Å². The Kier molecular flexibility index (Phi) is 4.45. The molecule has 1 rings (SSSR count). The van der Waals surface area contributed by atoms with Crippen LogP contribution in [0.15, 0.2) is 24.3 Å². The third-order valence-electron chi connectivity index (χ3n) is 1.98. The van der Waals surface area contributed by atoms with E-state index in [1.807, 2.05) is 0 Å². The van der Waals surface area contributed by atoms with E-state index in [0.717, 1.165) is 0 Å². The van der Waals surface area contributed by atoms with Crippen molar-refractivity contribution in [2.24, 2.45) is 0 Å². The van der Waals surface area contributed by atoms with Gasteiger partial charge in [-0.1, -0.05) is 12.1 Å². The van der Waals surface area contributed by atoms with Crippen molar-refractivity contribution >= 4 is 17.7 Å². The molecule has 0 radical (unpaired) electrons. The lowest BCUT2D eigenvalue weighted by molar-refractivity contribution is -0.137. The van der Waals surface area contributed by atoms with Gasteiger partial charge in [-0.15, -0.1) is 0 Å². The number of amides is 2. The third-order valence-corrected chi connectivity index (χ3v) is 1.98. The molecule has 0 aliphatic heterocycles. The number of rotatable bonds is 4. The summed E-state index contributed by atoms with van der Waals surface area (Å²) in [7, 11) is 0. The van der Waals surface area contributed by atoms with Gasteiger partial charge in [0.1, 0.15) is 5.82 Å². The Labute approximate surface area is 97.6 Å². The monoisotopic (exact) mass is 240 g/mol. The zero-order chi connectivity index (χ0) is 12.8. The molecule has 6 heteroatoms. The van der Waals surface area contributed by atoms with E-state index in [1.165, 1.54) is 18.2 Å². The Morgan fingerprint density at radius 1 is 1.41 bits per heavy atom. The molecule has 2 amide bonds. The highest BCUT2D eigenvalue weighted by molar-refractivity contribution is 5.89. The van der Waals surface area contributed by atoms with Gasteiger partial charge in [0.2, 0.25) is 0 Å². The van der Waals surface area contributed by atoms with Crippen molar-refractivity contribution in [3.8, 4) is 0 Å². The molecule has 1 aromatic carbocycles. The summed E-state index contributed by atoms with van der Waals surface area (Å²) in [6.07, 6.45) is -0.190. The fourth-order valence-electron chi connectivity index (χ4n) is 1.26. The van der Waals surface area contributed by atoms with E-state index in [9.17, 15) is 14.0 Å². The first kappa shape index (κ1) is 13.0. The number of anilines is 1. The number of carbonyl (C=O) groups is 2. The van der Waals surface area contributed by atoms with Gasteiger partial charge in [-0.2, -0.15) is 0 Å². The maximum Gasteiger partial charge on any atom is 0.319 e. The average molecular weight is 240 g/mol. The SMILES string of the molecule is CC(CC(=O)O)NC(=O)Nc1ccccc1F. The molecule has 0 spiro atoms. The number of carboxylic acid groups (broad SMARTS) is 1. The fourth-order valence-corrected chi connectivity index (χ4v) is 1.26. The van der Waals surface area contributed by atoms with Crippen LogP contribution in [0.25, 0.3) is 0 Å². The van der Waals surface area contributed by atoms with Crippen molar-refractivity contribution < 1.29 is 19.1 Å². The number of carboxylic acids is 1. The van der Waals surface area contributed by atoms with E-state index in [1.54, 1.807) is 13.0 Å². The summed E-state index contributed by atoms with van der Waals surface area (Å²) in [4.78, 5) is 21.7. The minimum atomic E-state index is -1.01. The number of urea groups is 1. The summed E-state index contributed by atoms with van der Waals surface area (Å²) in [6.45, 7) is 1.55. The molecule has 0 aliphatic rings. The normalized spacial score (nSPS) is 11.6. The molecule has 5 nitrogen and oxygen atoms in total. The van der Waals surface area contributed by atoms with Gasteiger partial charge < -0.3 is 15.7 Å². The maximum atomic E-state index is 13.2. The number of aliphatic carboxylic acids is 1. The Balaban J connectivity index is 2.50. The largest absolute Gasteiger partial charge is 0.481 e. The smallest absolute Gasteiger partial charge is 0.319 e. The molecule has 0 heterocycles. The van der Waals surface area contributed by atoms with Gasteiger partial charge in [0.25, 0.3) is 0 Å². The van der Waals surface area contributed by atoms with Crippen LogP contribution in [0.3, 0.4) is 0 Å². The molecule has 0 bridgehead atoms. The zero-order valence-corrected chi connectivity index (χ0v) is 9.24. The predicted octanol–water partition coefficient (Wildman–Crippen LogP) is 1.81. The molecule has 0 saturated carbocycles. The van der Waals surface area contributed by atoms with Crippen molar-refractivity contribution in [1.82, 2.24) is 5.32 Å². The summed E-state index contributed by atoms with van der Waals surface area (Å²) in [6, 6.07) is 4.56. The number of benzene rings is 1. The topological polar surface area (TPSA) is 78.4 Å². The van der Waals surface area contributed by atoms with Crippen LogP contribution in [0.5, 0.6) is 0 Å². The second-order valence-electron chi connectivity index (χ2n) is 3.58. The van der Waals surface area contributed by atoms with E-state index in [2.05, 4.69) is 10.6 Å². The first-order valence-electron chi connectivity index (χ1n) is 5.03.